The van der Waals surface area contributed by atoms with E-state index in [1.165, 1.54) is 17.7 Å². The van der Waals surface area contributed by atoms with E-state index in [-0.39, 0.29) is 6.04 Å². The van der Waals surface area contributed by atoms with E-state index in [9.17, 15) is 0 Å². The van der Waals surface area contributed by atoms with Crippen LogP contribution in [0.1, 0.15) is 36.0 Å². The summed E-state index contributed by atoms with van der Waals surface area (Å²) in [6.07, 6.45) is 11.9. The molecule has 1 aliphatic carbocycles. The molecule has 2 atom stereocenters. The predicted molar refractivity (Wildman–Crippen MR) is 79.3 cm³/mol. The molecule has 2 heterocycles. The van der Waals surface area contributed by atoms with Crippen LogP contribution in [0.2, 0.25) is 0 Å². The van der Waals surface area contributed by atoms with E-state index < -0.39 is 0 Å². The van der Waals surface area contributed by atoms with Gasteiger partial charge in [-0.3, -0.25) is 5.32 Å². The van der Waals surface area contributed by atoms with Gasteiger partial charge in [-0.1, -0.05) is 18.2 Å². The standard InChI is InChI=1S/C15H19N3S/c1-18-10-9-16-15(18)14(13-8-5-11-19-13)17-12-6-3-2-4-7-12/h2-3,5,8-12,14,17H,4,6-7H2,1H3. The van der Waals surface area contributed by atoms with E-state index >= 15 is 0 Å². The van der Waals surface area contributed by atoms with Crippen molar-refractivity contribution in [3.05, 3.63) is 52.8 Å². The number of hydrogen-bond donors (Lipinski definition) is 1. The van der Waals surface area contributed by atoms with Crippen molar-refractivity contribution in [2.75, 3.05) is 0 Å². The molecule has 0 bridgehead atoms. The Morgan fingerprint density at radius 1 is 1.47 bits per heavy atom. The Balaban J connectivity index is 1.85. The lowest BCUT2D eigenvalue weighted by Gasteiger charge is -2.25. The lowest BCUT2D eigenvalue weighted by molar-refractivity contribution is 0.428. The van der Waals surface area contributed by atoms with E-state index in [0.29, 0.717) is 6.04 Å². The highest BCUT2D eigenvalue weighted by atomic mass is 32.1. The molecule has 2 aromatic rings. The molecule has 2 unspecified atom stereocenters. The second-order valence-corrected chi connectivity index (χ2v) is 5.97. The minimum atomic E-state index is 0.205. The van der Waals surface area contributed by atoms with E-state index in [0.717, 1.165) is 12.2 Å². The summed E-state index contributed by atoms with van der Waals surface area (Å²) in [5.74, 6) is 1.09. The summed E-state index contributed by atoms with van der Waals surface area (Å²) >= 11 is 1.79. The van der Waals surface area contributed by atoms with Gasteiger partial charge in [0.05, 0.1) is 0 Å². The van der Waals surface area contributed by atoms with Crippen molar-refractivity contribution >= 4 is 11.3 Å². The van der Waals surface area contributed by atoms with Gasteiger partial charge in [-0.15, -0.1) is 11.3 Å². The molecule has 0 radical (unpaired) electrons. The summed E-state index contributed by atoms with van der Waals surface area (Å²) < 4.78 is 2.11. The summed E-state index contributed by atoms with van der Waals surface area (Å²) in [7, 11) is 2.06. The molecule has 1 N–H and O–H groups in total. The fourth-order valence-corrected chi connectivity index (χ4v) is 3.36. The van der Waals surface area contributed by atoms with E-state index in [1.54, 1.807) is 11.3 Å². The number of rotatable bonds is 4. The summed E-state index contributed by atoms with van der Waals surface area (Å²) in [5.41, 5.74) is 0. The molecule has 3 rings (SSSR count). The van der Waals surface area contributed by atoms with Gasteiger partial charge >= 0.3 is 0 Å². The van der Waals surface area contributed by atoms with Crippen LogP contribution in [0.3, 0.4) is 0 Å². The summed E-state index contributed by atoms with van der Waals surface area (Å²) in [6.45, 7) is 0. The van der Waals surface area contributed by atoms with Crippen LogP contribution in [0.5, 0.6) is 0 Å². The number of aryl methyl sites for hydroxylation is 1. The van der Waals surface area contributed by atoms with Crippen molar-refractivity contribution < 1.29 is 0 Å². The molecule has 0 spiro atoms. The largest absolute Gasteiger partial charge is 0.336 e. The molecule has 2 aromatic heterocycles. The number of aromatic nitrogens is 2. The summed E-state index contributed by atoms with van der Waals surface area (Å²) in [4.78, 5) is 5.86. The lowest BCUT2D eigenvalue weighted by atomic mass is 10.0. The van der Waals surface area contributed by atoms with E-state index in [4.69, 9.17) is 0 Å². The molecule has 0 aliphatic heterocycles. The van der Waals surface area contributed by atoms with Crippen LogP contribution in [0, 0.1) is 0 Å². The van der Waals surface area contributed by atoms with Crippen LogP contribution < -0.4 is 5.32 Å². The van der Waals surface area contributed by atoms with Crippen LogP contribution in [0.15, 0.2) is 42.1 Å². The number of imidazole rings is 1. The molecule has 4 heteroatoms. The van der Waals surface area contributed by atoms with Crippen LogP contribution >= 0.6 is 11.3 Å². The molecule has 0 aromatic carbocycles. The van der Waals surface area contributed by atoms with Gasteiger partial charge in [0.25, 0.3) is 0 Å². The lowest BCUT2D eigenvalue weighted by Crippen LogP contribution is -2.35. The molecule has 1 aliphatic rings. The molecule has 3 nitrogen and oxygen atoms in total. The molecule has 19 heavy (non-hydrogen) atoms. The fourth-order valence-electron chi connectivity index (χ4n) is 2.58. The average Bonchev–Trinajstić information content (AvgIpc) is 3.09. The Hall–Kier alpha value is -1.39. The van der Waals surface area contributed by atoms with Crippen molar-refractivity contribution in [3.63, 3.8) is 0 Å². The molecule has 0 amide bonds. The first-order valence-corrected chi connectivity index (χ1v) is 7.64. The first-order valence-electron chi connectivity index (χ1n) is 6.76. The third kappa shape index (κ3) is 2.80. The third-order valence-electron chi connectivity index (χ3n) is 3.62. The number of nitrogens with one attached hydrogen (secondary N) is 1. The maximum Gasteiger partial charge on any atom is 0.131 e. The van der Waals surface area contributed by atoms with Gasteiger partial charge in [0.2, 0.25) is 0 Å². The number of thiophene rings is 1. The van der Waals surface area contributed by atoms with Gasteiger partial charge in [0.15, 0.2) is 0 Å². The topological polar surface area (TPSA) is 29.9 Å². The zero-order valence-corrected chi connectivity index (χ0v) is 11.9. The fraction of sp³-hybridized carbons (Fsp3) is 0.400. The Kier molecular flexibility index (Phi) is 3.80. The predicted octanol–water partition coefficient (Wildman–Crippen LogP) is 3.27. The van der Waals surface area contributed by atoms with Gasteiger partial charge < -0.3 is 4.57 Å². The molecular formula is C15H19N3S. The van der Waals surface area contributed by atoms with Gasteiger partial charge in [0.1, 0.15) is 11.9 Å². The summed E-state index contributed by atoms with van der Waals surface area (Å²) in [5, 5.41) is 5.91. The second kappa shape index (κ2) is 5.72. The summed E-state index contributed by atoms with van der Waals surface area (Å²) in [6, 6.07) is 5.05. The van der Waals surface area contributed by atoms with Crippen molar-refractivity contribution in [1.29, 1.82) is 0 Å². The maximum atomic E-state index is 4.53. The number of nitrogens with zero attached hydrogens (tertiary/aromatic N) is 2. The molecule has 0 saturated heterocycles. The monoisotopic (exact) mass is 273 g/mol. The zero-order valence-electron chi connectivity index (χ0n) is 11.1. The average molecular weight is 273 g/mol. The highest BCUT2D eigenvalue weighted by Crippen LogP contribution is 2.26. The highest BCUT2D eigenvalue weighted by molar-refractivity contribution is 7.10. The Morgan fingerprint density at radius 2 is 2.42 bits per heavy atom. The Bertz CT molecular complexity index is 542. The minimum absolute atomic E-state index is 0.205. The van der Waals surface area contributed by atoms with Crippen molar-refractivity contribution in [2.45, 2.75) is 31.3 Å². The molecule has 0 saturated carbocycles. The van der Waals surface area contributed by atoms with Gasteiger partial charge in [-0.05, 0) is 30.7 Å². The van der Waals surface area contributed by atoms with Gasteiger partial charge in [-0.25, -0.2) is 4.98 Å². The first kappa shape index (κ1) is 12.6. The maximum absolute atomic E-state index is 4.53. The second-order valence-electron chi connectivity index (χ2n) is 4.99. The Morgan fingerprint density at radius 3 is 3.05 bits per heavy atom. The van der Waals surface area contributed by atoms with Gasteiger partial charge in [0, 0.05) is 30.4 Å². The smallest absolute Gasteiger partial charge is 0.131 e. The molecule has 0 fully saturated rings. The third-order valence-corrected chi connectivity index (χ3v) is 4.55. The number of allylic oxidation sites excluding steroid dienone is 1. The normalized spacial score (nSPS) is 20.6. The SMILES string of the molecule is Cn1ccnc1C(NC1CC=CCC1)c1cccs1. The minimum Gasteiger partial charge on any atom is -0.336 e. The van der Waals surface area contributed by atoms with Crippen molar-refractivity contribution in [3.8, 4) is 0 Å². The quantitative estimate of drug-likeness (QED) is 0.867. The van der Waals surface area contributed by atoms with E-state index in [1.807, 2.05) is 12.4 Å². The van der Waals surface area contributed by atoms with E-state index in [2.05, 4.69) is 51.6 Å². The Labute approximate surface area is 118 Å². The highest BCUT2D eigenvalue weighted by Gasteiger charge is 2.22. The molecular weight excluding hydrogens is 254 g/mol. The van der Waals surface area contributed by atoms with Crippen molar-refractivity contribution in [2.24, 2.45) is 7.05 Å². The van der Waals surface area contributed by atoms with Gasteiger partial charge in [-0.2, -0.15) is 0 Å². The van der Waals surface area contributed by atoms with Crippen LogP contribution in [-0.2, 0) is 7.05 Å². The first-order chi connectivity index (χ1) is 9.34. The van der Waals surface area contributed by atoms with Crippen LogP contribution in [0.4, 0.5) is 0 Å². The van der Waals surface area contributed by atoms with Crippen LogP contribution in [0.25, 0.3) is 0 Å². The number of hydrogen-bond acceptors (Lipinski definition) is 3. The van der Waals surface area contributed by atoms with Crippen LogP contribution in [-0.4, -0.2) is 15.6 Å². The van der Waals surface area contributed by atoms with Crippen molar-refractivity contribution in [1.82, 2.24) is 14.9 Å². The molecule has 100 valence electrons. The zero-order chi connectivity index (χ0) is 13.1.